The van der Waals surface area contributed by atoms with Gasteiger partial charge in [0.25, 0.3) is 0 Å². The molecule has 36 heavy (non-hydrogen) atoms. The van der Waals surface area contributed by atoms with Gasteiger partial charge in [0, 0.05) is 27.1 Å². The third kappa shape index (κ3) is 2.45. The largest absolute Gasteiger partial charge is 0.279 e. The van der Waals surface area contributed by atoms with Crippen LogP contribution >= 0.6 is 0 Å². The molecule has 4 aromatic carbocycles. The van der Waals surface area contributed by atoms with Crippen LogP contribution in [0.25, 0.3) is 66.0 Å². The normalized spacial score (nSPS) is 12.2. The van der Waals surface area contributed by atoms with Crippen molar-refractivity contribution in [3.8, 4) is 11.4 Å². The lowest BCUT2D eigenvalue weighted by Gasteiger charge is -2.13. The van der Waals surface area contributed by atoms with Crippen molar-refractivity contribution in [2.45, 2.75) is 13.8 Å². The number of hydrogen-bond acceptors (Lipinski definition) is 4. The van der Waals surface area contributed by atoms with Gasteiger partial charge in [0.2, 0.25) is 0 Å². The molecule has 8 rings (SSSR count). The summed E-state index contributed by atoms with van der Waals surface area (Å²) >= 11 is 0. The van der Waals surface area contributed by atoms with Crippen LogP contribution in [0.4, 0.5) is 0 Å². The molecule has 0 N–H and O–H groups in total. The highest BCUT2D eigenvalue weighted by atomic mass is 15.3. The van der Waals surface area contributed by atoms with Gasteiger partial charge >= 0.3 is 0 Å². The lowest BCUT2D eigenvalue weighted by molar-refractivity contribution is 1.02. The third-order valence-electron chi connectivity index (χ3n) is 7.31. The van der Waals surface area contributed by atoms with Crippen molar-refractivity contribution >= 4 is 54.6 Å². The Morgan fingerprint density at radius 2 is 1.06 bits per heavy atom. The summed E-state index contributed by atoms with van der Waals surface area (Å²) in [6, 6.07) is 29.9. The highest BCUT2D eigenvalue weighted by molar-refractivity contribution is 6.22. The molecule has 0 fully saturated rings. The van der Waals surface area contributed by atoms with Gasteiger partial charge in [-0.3, -0.25) is 8.80 Å². The second-order valence-corrected chi connectivity index (χ2v) is 9.43. The summed E-state index contributed by atoms with van der Waals surface area (Å²) in [5.41, 5.74) is 6.16. The molecule has 0 amide bonds. The quantitative estimate of drug-likeness (QED) is 0.201. The van der Waals surface area contributed by atoms with Gasteiger partial charge in [-0.25, -0.2) is 0 Å². The summed E-state index contributed by atoms with van der Waals surface area (Å²) in [6.45, 7) is 4.10. The van der Waals surface area contributed by atoms with E-state index in [1.54, 1.807) is 0 Å². The predicted octanol–water partition coefficient (Wildman–Crippen LogP) is 6.67. The average molecular weight is 465 g/mol. The molecular formula is C30H20N6. The van der Waals surface area contributed by atoms with Gasteiger partial charge < -0.3 is 0 Å². The molecule has 0 radical (unpaired) electrons. The maximum Gasteiger partial charge on any atom is 0.169 e. The molecular weight excluding hydrogens is 444 g/mol. The van der Waals surface area contributed by atoms with Crippen LogP contribution in [0.5, 0.6) is 0 Å². The smallest absolute Gasteiger partial charge is 0.169 e. The van der Waals surface area contributed by atoms with Crippen LogP contribution in [0.1, 0.15) is 11.4 Å². The molecule has 6 nitrogen and oxygen atoms in total. The zero-order valence-electron chi connectivity index (χ0n) is 19.8. The topological polar surface area (TPSA) is 60.4 Å². The lowest BCUT2D eigenvalue weighted by atomic mass is 9.98. The van der Waals surface area contributed by atoms with Crippen molar-refractivity contribution in [3.05, 3.63) is 96.3 Å². The molecule has 4 aromatic heterocycles. The van der Waals surface area contributed by atoms with Gasteiger partial charge in [-0.15, -0.1) is 20.4 Å². The van der Waals surface area contributed by atoms with Crippen LogP contribution in [0.3, 0.4) is 0 Å². The Morgan fingerprint density at radius 3 is 1.72 bits per heavy atom. The Kier molecular flexibility index (Phi) is 3.71. The molecule has 8 aromatic rings. The van der Waals surface area contributed by atoms with Crippen LogP contribution in [-0.2, 0) is 0 Å². The van der Waals surface area contributed by atoms with Crippen molar-refractivity contribution in [1.29, 1.82) is 0 Å². The van der Waals surface area contributed by atoms with Gasteiger partial charge in [-0.1, -0.05) is 66.2 Å². The maximum atomic E-state index is 4.73. The van der Waals surface area contributed by atoms with Gasteiger partial charge in [0.15, 0.2) is 17.1 Å². The SMILES string of the molecule is Cc1ccc(-c2nnc3c4cc5c6ccccc6n6c(C)nnc6c5cc4c4ccccc4n23)cc1. The van der Waals surface area contributed by atoms with Crippen molar-refractivity contribution in [2.75, 3.05) is 0 Å². The number of benzene rings is 4. The fraction of sp³-hybridized carbons (Fsp3) is 0.0667. The summed E-state index contributed by atoms with van der Waals surface area (Å²) in [5, 5.41) is 25.1. The summed E-state index contributed by atoms with van der Waals surface area (Å²) in [6.07, 6.45) is 0. The van der Waals surface area contributed by atoms with Crippen LogP contribution < -0.4 is 0 Å². The van der Waals surface area contributed by atoms with E-state index < -0.39 is 0 Å². The van der Waals surface area contributed by atoms with Crippen molar-refractivity contribution < 1.29 is 0 Å². The number of aryl methyl sites for hydroxylation is 2. The molecule has 0 aliphatic rings. The van der Waals surface area contributed by atoms with Gasteiger partial charge in [-0.05, 0) is 48.9 Å². The Hall–Kier alpha value is -4.84. The molecule has 0 saturated heterocycles. The minimum atomic E-state index is 0.844. The number of nitrogens with zero attached hydrogens (tertiary/aromatic N) is 6. The van der Waals surface area contributed by atoms with Crippen molar-refractivity contribution in [3.63, 3.8) is 0 Å². The van der Waals surface area contributed by atoms with Crippen LogP contribution in [0.2, 0.25) is 0 Å². The second-order valence-electron chi connectivity index (χ2n) is 9.43. The Morgan fingerprint density at radius 1 is 0.500 bits per heavy atom. The highest BCUT2D eigenvalue weighted by Gasteiger charge is 2.19. The van der Waals surface area contributed by atoms with E-state index in [1.807, 2.05) is 6.92 Å². The summed E-state index contributed by atoms with van der Waals surface area (Å²) in [7, 11) is 0. The zero-order chi connectivity index (χ0) is 24.0. The zero-order valence-corrected chi connectivity index (χ0v) is 19.8. The van der Waals surface area contributed by atoms with Gasteiger partial charge in [0.1, 0.15) is 5.82 Å². The summed E-state index contributed by atoms with van der Waals surface area (Å²) < 4.78 is 4.34. The number of hydrogen-bond donors (Lipinski definition) is 0. The first kappa shape index (κ1) is 19.5. The van der Waals surface area contributed by atoms with Gasteiger partial charge in [-0.2, -0.15) is 0 Å². The molecule has 0 aliphatic carbocycles. The first-order valence-corrected chi connectivity index (χ1v) is 12.0. The highest BCUT2D eigenvalue weighted by Crippen LogP contribution is 2.38. The number of rotatable bonds is 1. The monoisotopic (exact) mass is 464 g/mol. The lowest BCUT2D eigenvalue weighted by Crippen LogP contribution is -1.96. The van der Waals surface area contributed by atoms with Crippen LogP contribution in [0, 0.1) is 13.8 Å². The number of para-hydroxylation sites is 2. The number of aromatic nitrogens is 6. The molecule has 0 atom stereocenters. The molecule has 0 saturated carbocycles. The van der Waals surface area contributed by atoms with Crippen molar-refractivity contribution in [2.24, 2.45) is 0 Å². The van der Waals surface area contributed by atoms with Crippen LogP contribution in [0.15, 0.2) is 84.9 Å². The number of fused-ring (bicyclic) bond motifs is 12. The first-order valence-electron chi connectivity index (χ1n) is 12.0. The molecule has 0 spiro atoms. The Bertz CT molecular complexity index is 2170. The van der Waals surface area contributed by atoms with E-state index in [0.29, 0.717) is 0 Å². The molecule has 4 heterocycles. The molecule has 0 bridgehead atoms. The fourth-order valence-electron chi connectivity index (χ4n) is 5.61. The van der Waals surface area contributed by atoms with Crippen LogP contribution in [-0.4, -0.2) is 29.2 Å². The maximum absolute atomic E-state index is 4.73. The third-order valence-corrected chi connectivity index (χ3v) is 7.31. The van der Waals surface area contributed by atoms with Crippen molar-refractivity contribution in [1.82, 2.24) is 29.2 Å². The van der Waals surface area contributed by atoms with E-state index in [4.69, 9.17) is 5.10 Å². The van der Waals surface area contributed by atoms with Gasteiger partial charge in [0.05, 0.1) is 11.0 Å². The summed E-state index contributed by atoms with van der Waals surface area (Å²) in [5.74, 6) is 1.72. The minimum Gasteiger partial charge on any atom is -0.279 e. The standard InChI is InChI=1S/C30H20N6/c1-17-11-13-19(14-12-17)28-32-34-30-25-16-22-20-7-3-5-9-26(20)35-18(2)31-33-29(35)24(22)15-23(25)21-8-4-6-10-27(21)36(28)30/h3-16H,1-2H3. The van der Waals surface area contributed by atoms with E-state index in [-0.39, 0.29) is 0 Å². The molecule has 6 heteroatoms. The molecule has 170 valence electrons. The minimum absolute atomic E-state index is 0.844. The number of pyridine rings is 2. The fourth-order valence-corrected chi connectivity index (χ4v) is 5.61. The van der Waals surface area contributed by atoms with E-state index in [2.05, 4.69) is 116 Å². The first-order chi connectivity index (χ1) is 17.7. The Balaban J connectivity index is 1.61. The van der Waals surface area contributed by atoms with E-state index in [0.717, 1.165) is 71.9 Å². The van der Waals surface area contributed by atoms with E-state index >= 15 is 0 Å². The van der Waals surface area contributed by atoms with E-state index in [1.165, 1.54) is 5.56 Å². The second kappa shape index (κ2) is 6.86. The Labute approximate surface area is 205 Å². The molecule has 0 aliphatic heterocycles. The predicted molar refractivity (Wildman–Crippen MR) is 144 cm³/mol. The summed E-state index contributed by atoms with van der Waals surface area (Å²) in [4.78, 5) is 0. The van der Waals surface area contributed by atoms with E-state index in [9.17, 15) is 0 Å². The molecule has 0 unspecified atom stereocenters. The average Bonchev–Trinajstić information content (AvgIpc) is 3.53.